The summed E-state index contributed by atoms with van der Waals surface area (Å²) in [6.45, 7) is 0. The first-order valence-electron chi connectivity index (χ1n) is 6.29. The van der Waals surface area contributed by atoms with E-state index in [-0.39, 0.29) is 17.9 Å². The van der Waals surface area contributed by atoms with Gasteiger partial charge in [0.1, 0.15) is 6.04 Å². The number of aliphatic carboxylic acids is 1. The van der Waals surface area contributed by atoms with Gasteiger partial charge >= 0.3 is 5.97 Å². The largest absolute Gasteiger partial charge is 0.480 e. The van der Waals surface area contributed by atoms with Crippen molar-refractivity contribution >= 4 is 11.9 Å². The van der Waals surface area contributed by atoms with Gasteiger partial charge in [-0.05, 0) is 37.3 Å². The first-order chi connectivity index (χ1) is 8.68. The first-order valence-corrected chi connectivity index (χ1v) is 6.29. The monoisotopic (exact) mass is 245 g/mol. The molecule has 0 aromatic heterocycles. The maximum atomic E-state index is 12.4. The van der Waals surface area contributed by atoms with Gasteiger partial charge in [0.2, 0.25) is 0 Å². The average molecular weight is 245 g/mol. The third-order valence-electron chi connectivity index (χ3n) is 4.09. The van der Waals surface area contributed by atoms with Gasteiger partial charge in [-0.1, -0.05) is 18.2 Å². The Morgan fingerprint density at radius 2 is 1.89 bits per heavy atom. The summed E-state index contributed by atoms with van der Waals surface area (Å²) >= 11 is 0. The van der Waals surface area contributed by atoms with Crippen LogP contribution in [0.25, 0.3) is 0 Å². The number of hydrogen-bond acceptors (Lipinski definition) is 2. The summed E-state index contributed by atoms with van der Waals surface area (Å²) < 4.78 is 0. The Labute approximate surface area is 105 Å². The van der Waals surface area contributed by atoms with Crippen LogP contribution in [0, 0.1) is 5.92 Å². The first kappa shape index (κ1) is 11.3. The number of carboxylic acids is 1. The van der Waals surface area contributed by atoms with Crippen molar-refractivity contribution in [2.75, 3.05) is 0 Å². The molecule has 2 bridgehead atoms. The predicted molar refractivity (Wildman–Crippen MR) is 65.2 cm³/mol. The molecule has 1 aromatic rings. The number of likely N-dealkylation sites (tertiary alicyclic amines) is 1. The van der Waals surface area contributed by atoms with Crippen LogP contribution < -0.4 is 0 Å². The molecule has 0 unspecified atom stereocenters. The van der Waals surface area contributed by atoms with E-state index in [1.165, 1.54) is 0 Å². The normalized spacial score (nSPS) is 29.6. The smallest absolute Gasteiger partial charge is 0.326 e. The van der Waals surface area contributed by atoms with E-state index < -0.39 is 12.0 Å². The molecule has 4 nitrogen and oxygen atoms in total. The van der Waals surface area contributed by atoms with E-state index in [0.717, 1.165) is 19.3 Å². The molecule has 1 saturated heterocycles. The van der Waals surface area contributed by atoms with E-state index in [9.17, 15) is 14.7 Å². The second kappa shape index (κ2) is 4.12. The Morgan fingerprint density at radius 3 is 2.56 bits per heavy atom. The highest BCUT2D eigenvalue weighted by molar-refractivity contribution is 5.97. The molecule has 94 valence electrons. The van der Waals surface area contributed by atoms with Gasteiger partial charge in [0.15, 0.2) is 0 Å². The molecule has 18 heavy (non-hydrogen) atoms. The third-order valence-corrected chi connectivity index (χ3v) is 4.09. The topological polar surface area (TPSA) is 57.6 Å². The van der Waals surface area contributed by atoms with Crippen molar-refractivity contribution in [2.24, 2.45) is 5.92 Å². The second-order valence-electron chi connectivity index (χ2n) is 5.09. The highest BCUT2D eigenvalue weighted by Gasteiger charge is 2.51. The van der Waals surface area contributed by atoms with Crippen LogP contribution in [0.2, 0.25) is 0 Å². The highest BCUT2D eigenvalue weighted by atomic mass is 16.4. The Morgan fingerprint density at radius 1 is 1.17 bits per heavy atom. The van der Waals surface area contributed by atoms with E-state index in [4.69, 9.17) is 0 Å². The molecule has 4 heteroatoms. The predicted octanol–water partition coefficient (Wildman–Crippen LogP) is 1.76. The number of piperidine rings is 1. The molecule has 1 amide bonds. The number of carboxylic acid groups (broad SMARTS) is 1. The lowest BCUT2D eigenvalue weighted by Gasteiger charge is -2.32. The average Bonchev–Trinajstić information content (AvgIpc) is 2.99. The van der Waals surface area contributed by atoms with Gasteiger partial charge in [0.05, 0.1) is 0 Å². The fourth-order valence-electron chi connectivity index (χ4n) is 3.33. The summed E-state index contributed by atoms with van der Waals surface area (Å²) in [5.74, 6) is -0.873. The number of carbonyl (C=O) groups excluding carboxylic acids is 1. The fourth-order valence-corrected chi connectivity index (χ4v) is 3.33. The minimum atomic E-state index is -0.869. The minimum Gasteiger partial charge on any atom is -0.480 e. The number of nitrogens with zero attached hydrogens (tertiary/aromatic N) is 1. The van der Waals surface area contributed by atoms with Crippen molar-refractivity contribution in [1.82, 2.24) is 4.90 Å². The van der Waals surface area contributed by atoms with Crippen LogP contribution in [-0.2, 0) is 4.79 Å². The van der Waals surface area contributed by atoms with Crippen LogP contribution in [0.4, 0.5) is 0 Å². The maximum Gasteiger partial charge on any atom is 0.326 e. The minimum absolute atomic E-state index is 0.115. The van der Waals surface area contributed by atoms with Gasteiger partial charge in [-0.25, -0.2) is 4.79 Å². The molecule has 2 aliphatic rings. The van der Waals surface area contributed by atoms with Gasteiger partial charge in [0.25, 0.3) is 5.91 Å². The molecule has 1 aliphatic carbocycles. The van der Waals surface area contributed by atoms with Crippen LogP contribution in [0.3, 0.4) is 0 Å². The lowest BCUT2D eigenvalue weighted by Crippen LogP contribution is -2.49. The Balaban J connectivity index is 1.91. The van der Waals surface area contributed by atoms with Crippen molar-refractivity contribution in [3.05, 3.63) is 35.9 Å². The van der Waals surface area contributed by atoms with Crippen molar-refractivity contribution in [3.63, 3.8) is 0 Å². The summed E-state index contributed by atoms with van der Waals surface area (Å²) in [7, 11) is 0. The van der Waals surface area contributed by atoms with E-state index in [2.05, 4.69) is 0 Å². The molecule has 1 aromatic carbocycles. The quantitative estimate of drug-likeness (QED) is 0.863. The summed E-state index contributed by atoms with van der Waals surface area (Å²) in [5, 5.41) is 9.31. The van der Waals surface area contributed by atoms with E-state index >= 15 is 0 Å². The lowest BCUT2D eigenvalue weighted by molar-refractivity contribution is -0.143. The summed E-state index contributed by atoms with van der Waals surface area (Å²) in [4.78, 5) is 25.3. The molecule has 1 aliphatic heterocycles. The maximum absolute atomic E-state index is 12.4. The van der Waals surface area contributed by atoms with Crippen molar-refractivity contribution < 1.29 is 14.7 Å². The van der Waals surface area contributed by atoms with Gasteiger partial charge in [-0.2, -0.15) is 0 Å². The number of carbonyl (C=O) groups is 2. The van der Waals surface area contributed by atoms with Crippen molar-refractivity contribution in [2.45, 2.75) is 31.3 Å². The second-order valence-corrected chi connectivity index (χ2v) is 5.09. The number of fused-ring (bicyclic) bond motifs is 2. The third kappa shape index (κ3) is 1.60. The molecule has 0 spiro atoms. The molecular formula is C14H15NO3. The molecule has 2 fully saturated rings. The number of hydrogen-bond donors (Lipinski definition) is 1. The van der Waals surface area contributed by atoms with Gasteiger partial charge in [-0.15, -0.1) is 0 Å². The van der Waals surface area contributed by atoms with Gasteiger partial charge < -0.3 is 10.0 Å². The van der Waals surface area contributed by atoms with Gasteiger partial charge in [-0.3, -0.25) is 4.79 Å². The summed E-state index contributed by atoms with van der Waals surface area (Å²) in [5.41, 5.74) is 0.580. The zero-order chi connectivity index (χ0) is 12.7. The highest BCUT2D eigenvalue weighted by Crippen LogP contribution is 2.43. The van der Waals surface area contributed by atoms with E-state index in [0.29, 0.717) is 5.56 Å². The van der Waals surface area contributed by atoms with Crippen LogP contribution >= 0.6 is 0 Å². The van der Waals surface area contributed by atoms with Gasteiger partial charge in [0, 0.05) is 11.6 Å². The van der Waals surface area contributed by atoms with E-state index in [1.807, 2.05) is 6.07 Å². The molecular weight excluding hydrogens is 230 g/mol. The number of rotatable bonds is 2. The molecule has 1 heterocycles. The lowest BCUT2D eigenvalue weighted by atomic mass is 9.98. The molecule has 3 rings (SSSR count). The summed E-state index contributed by atoms with van der Waals surface area (Å²) in [6, 6.07) is 8.43. The van der Waals surface area contributed by atoms with Crippen LogP contribution in [0.1, 0.15) is 29.6 Å². The van der Waals surface area contributed by atoms with E-state index in [1.54, 1.807) is 29.2 Å². The van der Waals surface area contributed by atoms with Crippen LogP contribution in [-0.4, -0.2) is 34.0 Å². The Hall–Kier alpha value is -1.84. The standard InChI is InChI=1S/C14H15NO3/c16-13(9-4-2-1-3-5-9)15-11-7-6-10(8-11)12(15)14(17)18/h1-5,10-12H,6-8H2,(H,17,18)/t10-,11-,12-/m0/s1. The summed E-state index contributed by atoms with van der Waals surface area (Å²) in [6.07, 6.45) is 2.71. The molecule has 3 atom stereocenters. The fraction of sp³-hybridized carbons (Fsp3) is 0.429. The zero-order valence-corrected chi connectivity index (χ0v) is 9.95. The Kier molecular flexibility index (Phi) is 2.58. The SMILES string of the molecule is O=C(O)[C@@H]1[C@H]2CC[C@@H](C2)N1C(=O)c1ccccc1. The number of benzene rings is 1. The molecule has 1 N–H and O–H groups in total. The van der Waals surface area contributed by atoms with Crippen LogP contribution in [0.5, 0.6) is 0 Å². The Bertz CT molecular complexity index is 485. The number of amides is 1. The van der Waals surface area contributed by atoms with Crippen molar-refractivity contribution in [1.29, 1.82) is 0 Å². The zero-order valence-electron chi connectivity index (χ0n) is 9.95. The molecule has 1 saturated carbocycles. The van der Waals surface area contributed by atoms with Crippen molar-refractivity contribution in [3.8, 4) is 0 Å². The molecule has 0 radical (unpaired) electrons. The van der Waals surface area contributed by atoms with Crippen LogP contribution in [0.15, 0.2) is 30.3 Å².